The molecule has 2 fully saturated rings. The predicted octanol–water partition coefficient (Wildman–Crippen LogP) is 3.39. The second-order valence-corrected chi connectivity index (χ2v) is 6.07. The first kappa shape index (κ1) is 12.1. The van der Waals surface area contributed by atoms with Crippen LogP contribution in [0.5, 0.6) is 0 Å². The van der Waals surface area contributed by atoms with E-state index in [1.807, 2.05) is 0 Å². The number of rotatable bonds is 4. The Balaban J connectivity index is 1.88. The molecule has 0 unspecified atom stereocenters. The van der Waals surface area contributed by atoms with Crippen molar-refractivity contribution in [3.63, 3.8) is 0 Å². The van der Waals surface area contributed by atoms with Crippen molar-refractivity contribution in [2.75, 3.05) is 13.1 Å². The topological polar surface area (TPSA) is 12.0 Å². The summed E-state index contributed by atoms with van der Waals surface area (Å²) in [5.41, 5.74) is 1.30. The normalized spacial score (nSPS) is 22.8. The SMILES string of the molecule is CCNCC1(c2cc(F)cc(F)c2)CC2(CC2)C1. The van der Waals surface area contributed by atoms with Gasteiger partial charge in [-0.05, 0) is 55.3 Å². The fraction of sp³-hybridized carbons (Fsp3) is 0.600. The fourth-order valence-corrected chi connectivity index (χ4v) is 3.57. The molecule has 2 saturated carbocycles. The molecule has 3 rings (SSSR count). The van der Waals surface area contributed by atoms with E-state index in [4.69, 9.17) is 0 Å². The zero-order valence-corrected chi connectivity index (χ0v) is 10.7. The number of nitrogens with one attached hydrogen (secondary N) is 1. The third-order valence-electron chi connectivity index (χ3n) is 4.57. The molecule has 2 aliphatic rings. The van der Waals surface area contributed by atoms with Crippen molar-refractivity contribution in [1.29, 1.82) is 0 Å². The minimum Gasteiger partial charge on any atom is -0.316 e. The van der Waals surface area contributed by atoms with Crippen molar-refractivity contribution in [3.05, 3.63) is 35.4 Å². The van der Waals surface area contributed by atoms with E-state index in [9.17, 15) is 8.78 Å². The summed E-state index contributed by atoms with van der Waals surface area (Å²) in [6, 6.07) is 3.97. The first-order chi connectivity index (χ1) is 8.57. The van der Waals surface area contributed by atoms with Gasteiger partial charge in [0, 0.05) is 18.0 Å². The van der Waals surface area contributed by atoms with Gasteiger partial charge in [0.25, 0.3) is 0 Å². The van der Waals surface area contributed by atoms with Gasteiger partial charge in [-0.15, -0.1) is 0 Å². The van der Waals surface area contributed by atoms with Crippen LogP contribution >= 0.6 is 0 Å². The molecule has 0 saturated heterocycles. The molecule has 0 radical (unpaired) electrons. The van der Waals surface area contributed by atoms with Crippen molar-refractivity contribution in [1.82, 2.24) is 5.32 Å². The number of likely N-dealkylation sites (N-methyl/N-ethyl adjacent to an activating group) is 1. The van der Waals surface area contributed by atoms with Gasteiger partial charge in [-0.3, -0.25) is 0 Å². The second-order valence-electron chi connectivity index (χ2n) is 6.07. The zero-order chi connectivity index (χ0) is 12.8. The highest BCUT2D eigenvalue weighted by atomic mass is 19.1. The highest BCUT2D eigenvalue weighted by Crippen LogP contribution is 2.68. The average Bonchev–Trinajstić information content (AvgIpc) is 3.03. The van der Waals surface area contributed by atoms with Crippen LogP contribution in [0.1, 0.15) is 38.2 Å². The van der Waals surface area contributed by atoms with Crippen LogP contribution in [0, 0.1) is 17.0 Å². The van der Waals surface area contributed by atoms with Crippen LogP contribution in [0.25, 0.3) is 0 Å². The molecule has 98 valence electrons. The second kappa shape index (κ2) is 4.02. The van der Waals surface area contributed by atoms with Gasteiger partial charge >= 0.3 is 0 Å². The van der Waals surface area contributed by atoms with Crippen molar-refractivity contribution in [2.45, 2.75) is 38.0 Å². The standard InChI is InChI=1S/C15H19F2N/c1-2-18-10-15(8-14(9-15)3-4-14)11-5-12(16)7-13(17)6-11/h5-7,18H,2-4,8-10H2,1H3. The van der Waals surface area contributed by atoms with Crippen LogP contribution in [-0.4, -0.2) is 13.1 Å². The molecule has 18 heavy (non-hydrogen) atoms. The minimum atomic E-state index is -0.461. The molecule has 1 aromatic rings. The minimum absolute atomic E-state index is 0.0462. The van der Waals surface area contributed by atoms with Crippen molar-refractivity contribution < 1.29 is 8.78 Å². The van der Waals surface area contributed by atoms with E-state index < -0.39 is 11.6 Å². The lowest BCUT2D eigenvalue weighted by Gasteiger charge is -2.49. The van der Waals surface area contributed by atoms with Crippen LogP contribution in [0.4, 0.5) is 8.78 Å². The van der Waals surface area contributed by atoms with Crippen LogP contribution in [0.15, 0.2) is 18.2 Å². The first-order valence-corrected chi connectivity index (χ1v) is 6.75. The summed E-state index contributed by atoms with van der Waals surface area (Å²) in [6.07, 6.45) is 4.74. The third-order valence-corrected chi connectivity index (χ3v) is 4.57. The van der Waals surface area contributed by atoms with E-state index in [-0.39, 0.29) is 5.41 Å². The van der Waals surface area contributed by atoms with Crippen molar-refractivity contribution in [3.8, 4) is 0 Å². The lowest BCUT2D eigenvalue weighted by molar-refractivity contribution is 0.116. The monoisotopic (exact) mass is 251 g/mol. The van der Waals surface area contributed by atoms with Gasteiger partial charge in [0.15, 0.2) is 0 Å². The Kier molecular flexibility index (Phi) is 2.70. The Bertz CT molecular complexity index is 437. The van der Waals surface area contributed by atoms with Crippen molar-refractivity contribution >= 4 is 0 Å². The summed E-state index contributed by atoms with van der Waals surface area (Å²) in [4.78, 5) is 0. The van der Waals surface area contributed by atoms with Gasteiger partial charge in [0.1, 0.15) is 11.6 Å². The summed E-state index contributed by atoms with van der Waals surface area (Å²) in [7, 11) is 0. The third kappa shape index (κ3) is 1.95. The Hall–Kier alpha value is -0.960. The summed E-state index contributed by atoms with van der Waals surface area (Å²) < 4.78 is 26.8. The molecule has 1 N–H and O–H groups in total. The average molecular weight is 251 g/mol. The van der Waals surface area contributed by atoms with Crippen molar-refractivity contribution in [2.24, 2.45) is 5.41 Å². The maximum absolute atomic E-state index is 13.4. The molecule has 1 nitrogen and oxygen atoms in total. The molecule has 0 aromatic heterocycles. The van der Waals surface area contributed by atoms with Gasteiger partial charge in [-0.25, -0.2) is 8.78 Å². The molecule has 0 amide bonds. The molecular formula is C15H19F2N. The highest BCUT2D eigenvalue weighted by molar-refractivity contribution is 5.34. The van der Waals surface area contributed by atoms with Crippen LogP contribution in [0.2, 0.25) is 0 Å². The smallest absolute Gasteiger partial charge is 0.126 e. The van der Waals surface area contributed by atoms with Crippen LogP contribution in [-0.2, 0) is 5.41 Å². The Morgan fingerprint density at radius 1 is 1.11 bits per heavy atom. The highest BCUT2D eigenvalue weighted by Gasteiger charge is 2.61. The largest absolute Gasteiger partial charge is 0.316 e. The summed E-state index contributed by atoms with van der Waals surface area (Å²) >= 11 is 0. The number of halogens is 2. The number of hydrogen-bond donors (Lipinski definition) is 1. The molecule has 1 aromatic carbocycles. The maximum atomic E-state index is 13.4. The van der Waals surface area contributed by atoms with E-state index in [2.05, 4.69) is 12.2 Å². The molecule has 0 aliphatic heterocycles. The number of hydrogen-bond acceptors (Lipinski definition) is 1. The molecule has 1 spiro atoms. The van der Waals surface area contributed by atoms with Gasteiger partial charge < -0.3 is 5.32 Å². The Morgan fingerprint density at radius 3 is 2.22 bits per heavy atom. The molecule has 2 aliphatic carbocycles. The quantitative estimate of drug-likeness (QED) is 0.865. The van der Waals surface area contributed by atoms with E-state index >= 15 is 0 Å². The molecule has 0 heterocycles. The van der Waals surface area contributed by atoms with E-state index in [0.717, 1.165) is 37.6 Å². The Morgan fingerprint density at radius 2 is 1.72 bits per heavy atom. The van der Waals surface area contributed by atoms with Crippen LogP contribution in [0.3, 0.4) is 0 Å². The fourth-order valence-electron chi connectivity index (χ4n) is 3.57. The van der Waals surface area contributed by atoms with Gasteiger partial charge in [-0.1, -0.05) is 6.92 Å². The summed E-state index contributed by atoms with van der Waals surface area (Å²) in [5, 5.41) is 3.35. The predicted molar refractivity (Wildman–Crippen MR) is 67.5 cm³/mol. The number of benzene rings is 1. The van der Waals surface area contributed by atoms with E-state index in [0.29, 0.717) is 5.41 Å². The van der Waals surface area contributed by atoms with Gasteiger partial charge in [0.2, 0.25) is 0 Å². The van der Waals surface area contributed by atoms with Crippen LogP contribution < -0.4 is 5.32 Å². The lowest BCUT2D eigenvalue weighted by Crippen LogP contribution is -2.49. The molecule has 0 atom stereocenters. The zero-order valence-electron chi connectivity index (χ0n) is 10.7. The first-order valence-electron chi connectivity index (χ1n) is 6.75. The van der Waals surface area contributed by atoms with Gasteiger partial charge in [-0.2, -0.15) is 0 Å². The van der Waals surface area contributed by atoms with Gasteiger partial charge in [0.05, 0.1) is 0 Å². The molecule has 0 bridgehead atoms. The van der Waals surface area contributed by atoms with E-state index in [1.165, 1.54) is 25.0 Å². The Labute approximate surface area is 107 Å². The maximum Gasteiger partial charge on any atom is 0.126 e. The molecule has 3 heteroatoms. The summed E-state index contributed by atoms with van der Waals surface area (Å²) in [5.74, 6) is -0.921. The summed E-state index contributed by atoms with van der Waals surface area (Å²) in [6.45, 7) is 3.78. The molecular weight excluding hydrogens is 232 g/mol. The lowest BCUT2D eigenvalue weighted by atomic mass is 9.56. The van der Waals surface area contributed by atoms with E-state index in [1.54, 1.807) is 0 Å².